The number of benzene rings is 1. The average Bonchev–Trinajstić information content (AvgIpc) is 2.91. The molecule has 1 aromatic carbocycles. The largest absolute Gasteiger partial charge is 0.493 e. The fourth-order valence-corrected chi connectivity index (χ4v) is 3.87. The van der Waals surface area contributed by atoms with Crippen molar-refractivity contribution in [3.8, 4) is 11.5 Å². The van der Waals surface area contributed by atoms with Gasteiger partial charge in [0, 0.05) is 18.6 Å². The molecule has 3 rings (SSSR count). The molecule has 0 aliphatic heterocycles. The third kappa shape index (κ3) is 3.24. The zero-order chi connectivity index (χ0) is 16.4. The molecule has 1 aromatic rings. The fraction of sp³-hybridized carbons (Fsp3) is 0.579. The number of ether oxygens (including phenoxy) is 2. The average molecular weight is 316 g/mol. The highest BCUT2D eigenvalue weighted by molar-refractivity contribution is 5.43. The molecule has 4 heteroatoms. The molecule has 4 nitrogen and oxygen atoms in total. The van der Waals surface area contributed by atoms with E-state index in [-0.39, 0.29) is 0 Å². The molecular weight excluding hydrogens is 288 g/mol. The summed E-state index contributed by atoms with van der Waals surface area (Å²) in [6.45, 7) is 0.949. The number of likely N-dealkylation sites (N-methyl/N-ethyl adjacent to an activating group) is 1. The molecule has 23 heavy (non-hydrogen) atoms. The van der Waals surface area contributed by atoms with Gasteiger partial charge in [-0.1, -0.05) is 18.2 Å². The van der Waals surface area contributed by atoms with Gasteiger partial charge in [-0.05, 0) is 56.5 Å². The lowest BCUT2D eigenvalue weighted by Crippen LogP contribution is -2.50. The van der Waals surface area contributed by atoms with Gasteiger partial charge in [-0.15, -0.1) is 0 Å². The second-order valence-corrected chi connectivity index (χ2v) is 6.85. The van der Waals surface area contributed by atoms with Gasteiger partial charge in [-0.25, -0.2) is 0 Å². The van der Waals surface area contributed by atoms with Crippen LogP contribution in [0.5, 0.6) is 11.5 Å². The Bertz CT molecular complexity index is 570. The molecule has 0 amide bonds. The smallest absolute Gasteiger partial charge is 0.161 e. The van der Waals surface area contributed by atoms with Crippen LogP contribution in [-0.2, 0) is 0 Å². The predicted octanol–water partition coefficient (Wildman–Crippen LogP) is 2.86. The molecule has 0 heterocycles. The monoisotopic (exact) mass is 316 g/mol. The summed E-state index contributed by atoms with van der Waals surface area (Å²) in [5.74, 6) is 3.22. The molecule has 4 atom stereocenters. The highest BCUT2D eigenvalue weighted by Crippen LogP contribution is 2.42. The van der Waals surface area contributed by atoms with Gasteiger partial charge in [0.25, 0.3) is 0 Å². The number of rotatable bonds is 7. The van der Waals surface area contributed by atoms with Crippen molar-refractivity contribution in [2.75, 3.05) is 34.9 Å². The summed E-state index contributed by atoms with van der Waals surface area (Å²) in [6, 6.07) is 7.17. The van der Waals surface area contributed by atoms with Crippen molar-refractivity contribution in [3.63, 3.8) is 0 Å². The van der Waals surface area contributed by atoms with Gasteiger partial charge in [0.1, 0.15) is 0 Å². The number of nitrogens with one attached hydrogen (secondary N) is 1. The van der Waals surface area contributed by atoms with Crippen LogP contribution in [0.15, 0.2) is 30.4 Å². The zero-order valence-electron chi connectivity index (χ0n) is 14.6. The Labute approximate surface area is 139 Å². The molecular formula is C19H28N2O2. The van der Waals surface area contributed by atoms with E-state index in [0.29, 0.717) is 12.1 Å². The first-order chi connectivity index (χ1) is 11.1. The minimum absolute atomic E-state index is 0.319. The highest BCUT2D eigenvalue weighted by atomic mass is 16.5. The van der Waals surface area contributed by atoms with Crippen molar-refractivity contribution in [1.82, 2.24) is 10.2 Å². The molecule has 0 saturated heterocycles. The normalized spacial score (nSPS) is 26.7. The van der Waals surface area contributed by atoms with E-state index in [1.807, 2.05) is 6.07 Å². The molecule has 0 radical (unpaired) electrons. The Kier molecular flexibility index (Phi) is 4.93. The van der Waals surface area contributed by atoms with E-state index in [9.17, 15) is 0 Å². The van der Waals surface area contributed by atoms with E-state index in [4.69, 9.17) is 9.47 Å². The van der Waals surface area contributed by atoms with Crippen LogP contribution in [0.25, 0.3) is 0 Å². The molecule has 1 fully saturated rings. The van der Waals surface area contributed by atoms with E-state index >= 15 is 0 Å². The van der Waals surface area contributed by atoms with Crippen molar-refractivity contribution in [1.29, 1.82) is 0 Å². The molecule has 1 saturated carbocycles. The number of hydrogen-bond donors (Lipinski definition) is 1. The molecule has 0 spiro atoms. The Morgan fingerprint density at radius 1 is 1.22 bits per heavy atom. The topological polar surface area (TPSA) is 33.7 Å². The summed E-state index contributed by atoms with van der Waals surface area (Å²) >= 11 is 0. The summed E-state index contributed by atoms with van der Waals surface area (Å²) in [5.41, 5.74) is 1.25. The van der Waals surface area contributed by atoms with Crippen LogP contribution < -0.4 is 14.8 Å². The minimum atomic E-state index is 0.319. The summed E-state index contributed by atoms with van der Waals surface area (Å²) in [6.07, 6.45) is 7.32. The summed E-state index contributed by atoms with van der Waals surface area (Å²) in [7, 11) is 7.61. The molecule has 0 bridgehead atoms. The molecule has 2 aliphatic carbocycles. The summed E-state index contributed by atoms with van der Waals surface area (Å²) in [4.78, 5) is 2.26. The van der Waals surface area contributed by atoms with Gasteiger partial charge in [0.15, 0.2) is 11.5 Å². The number of fused-ring (bicyclic) bond motifs is 1. The second kappa shape index (κ2) is 6.93. The van der Waals surface area contributed by atoms with Gasteiger partial charge in [-0.2, -0.15) is 0 Å². The lowest BCUT2D eigenvalue weighted by molar-refractivity contribution is 0.150. The van der Waals surface area contributed by atoms with Gasteiger partial charge >= 0.3 is 0 Å². The van der Waals surface area contributed by atoms with Gasteiger partial charge in [-0.3, -0.25) is 0 Å². The number of nitrogens with zero attached hydrogens (tertiary/aromatic N) is 1. The van der Waals surface area contributed by atoms with Crippen molar-refractivity contribution < 1.29 is 9.47 Å². The van der Waals surface area contributed by atoms with Crippen LogP contribution in [0.4, 0.5) is 0 Å². The quantitative estimate of drug-likeness (QED) is 0.784. The Balaban J connectivity index is 1.67. The Hall–Kier alpha value is -1.52. The Morgan fingerprint density at radius 3 is 2.65 bits per heavy atom. The Morgan fingerprint density at radius 2 is 2.00 bits per heavy atom. The standard InChI is InChI=1S/C19H28N2O2/c1-21(2)17(12-20-16-10-13-6-5-7-15(13)16)14-8-9-18(22-3)19(11-14)23-4/h5,7-9,11,13,15-17,20H,6,10,12H2,1-4H3/t13-,15+,16+,17-/m1/s1. The highest BCUT2D eigenvalue weighted by Gasteiger charge is 2.40. The fourth-order valence-electron chi connectivity index (χ4n) is 3.87. The van der Waals surface area contributed by atoms with Crippen LogP contribution in [0.2, 0.25) is 0 Å². The molecule has 0 unspecified atom stereocenters. The van der Waals surface area contributed by atoms with Crippen LogP contribution >= 0.6 is 0 Å². The zero-order valence-corrected chi connectivity index (χ0v) is 14.6. The maximum Gasteiger partial charge on any atom is 0.161 e. The minimum Gasteiger partial charge on any atom is -0.493 e. The number of hydrogen-bond acceptors (Lipinski definition) is 4. The van der Waals surface area contributed by atoms with E-state index < -0.39 is 0 Å². The SMILES string of the molecule is COc1ccc([C@@H](CN[C@H]2C[C@H]3CC=C[C@@H]32)N(C)C)cc1OC. The van der Waals surface area contributed by atoms with Crippen molar-refractivity contribution in [2.45, 2.75) is 24.9 Å². The maximum absolute atomic E-state index is 5.45. The predicted molar refractivity (Wildman–Crippen MR) is 93.1 cm³/mol. The van der Waals surface area contributed by atoms with Crippen LogP contribution in [0, 0.1) is 11.8 Å². The van der Waals surface area contributed by atoms with Gasteiger partial charge in [0.05, 0.1) is 14.2 Å². The van der Waals surface area contributed by atoms with Crippen molar-refractivity contribution in [3.05, 3.63) is 35.9 Å². The van der Waals surface area contributed by atoms with Crippen LogP contribution in [0.1, 0.15) is 24.4 Å². The van der Waals surface area contributed by atoms with E-state index in [0.717, 1.165) is 29.9 Å². The molecule has 1 N–H and O–H groups in total. The van der Waals surface area contributed by atoms with E-state index in [1.54, 1.807) is 14.2 Å². The van der Waals surface area contributed by atoms with Gasteiger partial charge < -0.3 is 19.7 Å². The number of allylic oxidation sites excluding steroid dienone is 1. The molecule has 0 aromatic heterocycles. The lowest BCUT2D eigenvalue weighted by Gasteiger charge is -2.42. The third-order valence-corrected chi connectivity index (χ3v) is 5.35. The number of methoxy groups -OCH3 is 2. The van der Waals surface area contributed by atoms with Crippen LogP contribution in [-0.4, -0.2) is 45.8 Å². The molecule has 2 aliphatic rings. The van der Waals surface area contributed by atoms with Crippen molar-refractivity contribution >= 4 is 0 Å². The van der Waals surface area contributed by atoms with E-state index in [2.05, 4.69) is 48.6 Å². The second-order valence-electron chi connectivity index (χ2n) is 6.85. The summed E-state index contributed by atoms with van der Waals surface area (Å²) in [5, 5.41) is 3.77. The van der Waals surface area contributed by atoms with Crippen LogP contribution in [0.3, 0.4) is 0 Å². The van der Waals surface area contributed by atoms with E-state index in [1.165, 1.54) is 18.4 Å². The lowest BCUT2D eigenvalue weighted by atomic mass is 9.71. The maximum atomic E-state index is 5.45. The first-order valence-corrected chi connectivity index (χ1v) is 8.42. The third-order valence-electron chi connectivity index (χ3n) is 5.35. The first kappa shape index (κ1) is 16.3. The first-order valence-electron chi connectivity index (χ1n) is 8.42. The molecule has 126 valence electrons. The summed E-state index contributed by atoms with van der Waals surface area (Å²) < 4.78 is 10.8. The van der Waals surface area contributed by atoms with Crippen molar-refractivity contribution in [2.24, 2.45) is 11.8 Å². The van der Waals surface area contributed by atoms with Gasteiger partial charge in [0.2, 0.25) is 0 Å².